The van der Waals surface area contributed by atoms with E-state index in [0.717, 1.165) is 30.6 Å². The number of nitriles is 1. The van der Waals surface area contributed by atoms with Gasteiger partial charge in [0.25, 0.3) is 0 Å². The van der Waals surface area contributed by atoms with E-state index < -0.39 is 5.92 Å². The van der Waals surface area contributed by atoms with Gasteiger partial charge in [-0.15, -0.1) is 0 Å². The fourth-order valence-electron chi connectivity index (χ4n) is 2.36. The summed E-state index contributed by atoms with van der Waals surface area (Å²) < 4.78 is 5.37. The molecule has 2 aliphatic rings. The van der Waals surface area contributed by atoms with Crippen LogP contribution < -0.4 is 4.74 Å². The number of benzene rings is 1. The molecule has 0 N–H and O–H groups in total. The van der Waals surface area contributed by atoms with Gasteiger partial charge in [0.05, 0.1) is 12.7 Å². The minimum Gasteiger partial charge on any atom is -0.493 e. The lowest BCUT2D eigenvalue weighted by atomic mass is 9.91. The van der Waals surface area contributed by atoms with E-state index in [1.54, 1.807) is 18.2 Å². The molecule has 1 saturated carbocycles. The van der Waals surface area contributed by atoms with E-state index in [2.05, 4.69) is 0 Å². The van der Waals surface area contributed by atoms with Crippen LogP contribution in [0.2, 0.25) is 0 Å². The van der Waals surface area contributed by atoms with Crippen molar-refractivity contribution in [3.8, 4) is 11.8 Å². The van der Waals surface area contributed by atoms with E-state index in [4.69, 9.17) is 10.00 Å². The third-order valence-corrected chi connectivity index (χ3v) is 3.63. The van der Waals surface area contributed by atoms with Gasteiger partial charge in [-0.3, -0.25) is 9.59 Å². The SMILES string of the molecule is N#CC(C(=O)c1ccc2c(c1)CCO2)C(=O)C1CC1. The van der Waals surface area contributed by atoms with Crippen LogP contribution >= 0.6 is 0 Å². The largest absolute Gasteiger partial charge is 0.493 e. The second-order valence-electron chi connectivity index (χ2n) is 5.02. The maximum atomic E-state index is 12.3. The highest BCUT2D eigenvalue weighted by atomic mass is 16.5. The Morgan fingerprint density at radius 3 is 2.84 bits per heavy atom. The fraction of sp³-hybridized carbons (Fsp3) is 0.400. The monoisotopic (exact) mass is 255 g/mol. The topological polar surface area (TPSA) is 67.2 Å². The molecule has 1 aliphatic carbocycles. The minimum atomic E-state index is -1.15. The zero-order valence-corrected chi connectivity index (χ0v) is 10.4. The Labute approximate surface area is 111 Å². The van der Waals surface area contributed by atoms with E-state index in [0.29, 0.717) is 12.2 Å². The zero-order chi connectivity index (χ0) is 13.4. The molecular formula is C15H13NO3. The number of hydrogen-bond acceptors (Lipinski definition) is 4. The summed E-state index contributed by atoms with van der Waals surface area (Å²) in [5.74, 6) is -1.03. The summed E-state index contributed by atoms with van der Waals surface area (Å²) in [5.41, 5.74) is 1.41. The van der Waals surface area contributed by atoms with Gasteiger partial charge in [-0.1, -0.05) is 0 Å². The summed E-state index contributed by atoms with van der Waals surface area (Å²) in [4.78, 5) is 24.2. The Hall–Kier alpha value is -2.15. The van der Waals surface area contributed by atoms with Crippen LogP contribution in [-0.4, -0.2) is 18.2 Å². The van der Waals surface area contributed by atoms with Gasteiger partial charge in [0.2, 0.25) is 0 Å². The molecule has 1 aliphatic heterocycles. The fourth-order valence-corrected chi connectivity index (χ4v) is 2.36. The minimum absolute atomic E-state index is 0.0774. The Kier molecular flexibility index (Phi) is 2.83. The zero-order valence-electron chi connectivity index (χ0n) is 10.4. The molecule has 1 unspecified atom stereocenters. The molecule has 0 radical (unpaired) electrons. The summed E-state index contributed by atoms with van der Waals surface area (Å²) in [5, 5.41) is 9.08. The molecule has 0 aromatic heterocycles. The molecule has 19 heavy (non-hydrogen) atoms. The highest BCUT2D eigenvalue weighted by Crippen LogP contribution is 2.34. The maximum Gasteiger partial charge on any atom is 0.187 e. The Morgan fingerprint density at radius 2 is 2.16 bits per heavy atom. The van der Waals surface area contributed by atoms with Crippen LogP contribution in [0.3, 0.4) is 0 Å². The number of carbonyl (C=O) groups is 2. The molecule has 3 rings (SSSR count). The Morgan fingerprint density at radius 1 is 1.37 bits per heavy atom. The van der Waals surface area contributed by atoms with Crippen LogP contribution in [0.1, 0.15) is 28.8 Å². The van der Waals surface area contributed by atoms with Gasteiger partial charge in [0, 0.05) is 17.9 Å². The predicted molar refractivity (Wildman–Crippen MR) is 66.8 cm³/mol. The normalized spacial score (nSPS) is 18.1. The van der Waals surface area contributed by atoms with Crippen molar-refractivity contribution in [1.82, 2.24) is 0 Å². The molecule has 4 nitrogen and oxygen atoms in total. The summed E-state index contributed by atoms with van der Waals surface area (Å²) in [6.07, 6.45) is 2.38. The third-order valence-electron chi connectivity index (χ3n) is 3.63. The van der Waals surface area contributed by atoms with Crippen molar-refractivity contribution in [1.29, 1.82) is 5.26 Å². The van der Waals surface area contributed by atoms with Gasteiger partial charge >= 0.3 is 0 Å². The molecule has 0 amide bonds. The summed E-state index contributed by atoms with van der Waals surface area (Å²) in [7, 11) is 0. The first kappa shape index (κ1) is 11.9. The number of fused-ring (bicyclic) bond motifs is 1. The smallest absolute Gasteiger partial charge is 0.187 e. The van der Waals surface area contributed by atoms with E-state index in [1.165, 1.54) is 0 Å². The Balaban J connectivity index is 1.86. The van der Waals surface area contributed by atoms with Crippen molar-refractivity contribution in [2.75, 3.05) is 6.61 Å². The molecule has 0 saturated heterocycles. The van der Waals surface area contributed by atoms with Gasteiger partial charge < -0.3 is 4.74 Å². The summed E-state index contributed by atoms with van der Waals surface area (Å²) in [6.45, 7) is 0.621. The number of Topliss-reactive ketones (excluding diaryl/α,β-unsaturated/α-hetero) is 2. The third kappa shape index (κ3) is 2.12. The lowest BCUT2D eigenvalue weighted by molar-refractivity contribution is -0.121. The first-order chi connectivity index (χ1) is 9.20. The molecule has 96 valence electrons. The molecule has 0 spiro atoms. The first-order valence-electron chi connectivity index (χ1n) is 6.44. The van der Waals surface area contributed by atoms with Crippen molar-refractivity contribution in [3.63, 3.8) is 0 Å². The molecule has 1 fully saturated rings. The van der Waals surface area contributed by atoms with Crippen LogP contribution in [0.5, 0.6) is 5.75 Å². The van der Waals surface area contributed by atoms with Crippen molar-refractivity contribution in [3.05, 3.63) is 29.3 Å². The molecule has 1 atom stereocenters. The molecule has 1 aromatic carbocycles. The van der Waals surface area contributed by atoms with Crippen LogP contribution in [0.25, 0.3) is 0 Å². The van der Waals surface area contributed by atoms with Crippen molar-refractivity contribution in [2.24, 2.45) is 11.8 Å². The second-order valence-corrected chi connectivity index (χ2v) is 5.02. The number of rotatable bonds is 4. The Bertz CT molecular complexity index is 596. The number of carbonyl (C=O) groups excluding carboxylic acids is 2. The number of hydrogen-bond donors (Lipinski definition) is 0. The van der Waals surface area contributed by atoms with Gasteiger partial charge in [-0.2, -0.15) is 5.26 Å². The van der Waals surface area contributed by atoms with Crippen molar-refractivity contribution in [2.45, 2.75) is 19.3 Å². The average molecular weight is 255 g/mol. The summed E-state index contributed by atoms with van der Waals surface area (Å²) in [6, 6.07) is 6.98. The molecule has 0 bridgehead atoms. The van der Waals surface area contributed by atoms with Crippen LogP contribution in [0, 0.1) is 23.2 Å². The highest BCUT2D eigenvalue weighted by Gasteiger charge is 2.38. The first-order valence-corrected chi connectivity index (χ1v) is 6.44. The van der Waals surface area contributed by atoms with Gasteiger partial charge in [-0.25, -0.2) is 0 Å². The lowest BCUT2D eigenvalue weighted by Crippen LogP contribution is -2.24. The highest BCUT2D eigenvalue weighted by molar-refractivity contribution is 6.13. The van der Waals surface area contributed by atoms with Crippen LogP contribution in [0.4, 0.5) is 0 Å². The van der Waals surface area contributed by atoms with Crippen molar-refractivity contribution < 1.29 is 14.3 Å². The number of ketones is 2. The maximum absolute atomic E-state index is 12.3. The van der Waals surface area contributed by atoms with E-state index >= 15 is 0 Å². The number of nitrogens with zero attached hydrogens (tertiary/aromatic N) is 1. The quantitative estimate of drug-likeness (QED) is 0.609. The number of ether oxygens (including phenoxy) is 1. The molecule has 1 aromatic rings. The molecule has 4 heteroatoms. The van der Waals surface area contributed by atoms with Gasteiger partial charge in [0.1, 0.15) is 5.75 Å². The van der Waals surface area contributed by atoms with Crippen LogP contribution in [0.15, 0.2) is 18.2 Å². The van der Waals surface area contributed by atoms with E-state index in [9.17, 15) is 9.59 Å². The standard InChI is InChI=1S/C15H13NO3/c16-8-12(14(17)9-1-2-9)15(18)11-3-4-13-10(7-11)5-6-19-13/h3-4,7,9,12H,1-2,5-6H2. The molecular weight excluding hydrogens is 242 g/mol. The lowest BCUT2D eigenvalue weighted by Gasteiger charge is -2.07. The van der Waals surface area contributed by atoms with E-state index in [-0.39, 0.29) is 17.5 Å². The van der Waals surface area contributed by atoms with E-state index in [1.807, 2.05) is 6.07 Å². The predicted octanol–water partition coefficient (Wildman–Crippen LogP) is 1.92. The van der Waals surface area contributed by atoms with Crippen LogP contribution in [-0.2, 0) is 11.2 Å². The van der Waals surface area contributed by atoms with Gasteiger partial charge in [0.15, 0.2) is 17.5 Å². The van der Waals surface area contributed by atoms with Crippen molar-refractivity contribution >= 4 is 11.6 Å². The summed E-state index contributed by atoms with van der Waals surface area (Å²) >= 11 is 0. The average Bonchev–Trinajstić information content (AvgIpc) is 3.17. The molecule has 1 heterocycles. The second kappa shape index (κ2) is 4.51. The van der Waals surface area contributed by atoms with Gasteiger partial charge in [-0.05, 0) is 36.6 Å².